The van der Waals surface area contributed by atoms with Crippen molar-refractivity contribution in [1.29, 1.82) is 0 Å². The number of hydrogen-bond donors (Lipinski definition) is 1. The molecule has 0 saturated carbocycles. The van der Waals surface area contributed by atoms with Gasteiger partial charge < -0.3 is 5.32 Å². The van der Waals surface area contributed by atoms with Crippen LogP contribution in [-0.2, 0) is 11.3 Å². The third-order valence-corrected chi connectivity index (χ3v) is 4.65. The molecule has 0 spiro atoms. The van der Waals surface area contributed by atoms with Gasteiger partial charge in [0.1, 0.15) is 6.04 Å². The molecule has 0 bridgehead atoms. The molecule has 1 aromatic heterocycles. The highest BCUT2D eigenvalue weighted by Crippen LogP contribution is 2.23. The molecule has 3 rings (SSSR count). The van der Waals surface area contributed by atoms with Gasteiger partial charge in [-0.15, -0.1) is 0 Å². The number of hydrogen-bond acceptors (Lipinski definition) is 4. The number of anilines is 1. The third kappa shape index (κ3) is 3.56. The van der Waals surface area contributed by atoms with E-state index in [2.05, 4.69) is 10.4 Å². The van der Waals surface area contributed by atoms with Crippen molar-refractivity contribution in [3.8, 4) is 0 Å². The topological polar surface area (TPSA) is 50.2 Å². The van der Waals surface area contributed by atoms with E-state index in [1.165, 1.54) is 0 Å². The summed E-state index contributed by atoms with van der Waals surface area (Å²) in [6, 6.07) is 9.54. The van der Waals surface area contributed by atoms with E-state index in [4.69, 9.17) is 12.2 Å². The molecule has 7 heteroatoms. The van der Waals surface area contributed by atoms with E-state index in [0.29, 0.717) is 11.7 Å². The highest BCUT2D eigenvalue weighted by atomic mass is 32.2. The Morgan fingerprint density at radius 2 is 2.26 bits per heavy atom. The lowest BCUT2D eigenvalue weighted by Gasteiger charge is -2.16. The summed E-state index contributed by atoms with van der Waals surface area (Å²) in [6.45, 7) is 0.666. The van der Waals surface area contributed by atoms with Gasteiger partial charge in [0.05, 0.1) is 12.2 Å². The van der Waals surface area contributed by atoms with Gasteiger partial charge in [-0.3, -0.25) is 14.4 Å². The molecule has 1 N–H and O–H groups in total. The monoisotopic (exact) mass is 346 g/mol. The van der Waals surface area contributed by atoms with Crippen molar-refractivity contribution in [1.82, 2.24) is 15.1 Å². The van der Waals surface area contributed by atoms with Gasteiger partial charge in [0.2, 0.25) is 0 Å². The van der Waals surface area contributed by atoms with Crippen LogP contribution in [0.4, 0.5) is 5.69 Å². The second kappa shape index (κ2) is 7.14. The predicted molar refractivity (Wildman–Crippen MR) is 97.8 cm³/mol. The summed E-state index contributed by atoms with van der Waals surface area (Å²) in [4.78, 5) is 14.2. The molecule has 120 valence electrons. The van der Waals surface area contributed by atoms with Crippen molar-refractivity contribution in [3.63, 3.8) is 0 Å². The molecule has 1 saturated heterocycles. The van der Waals surface area contributed by atoms with Crippen molar-refractivity contribution < 1.29 is 4.79 Å². The zero-order valence-electron chi connectivity index (χ0n) is 12.8. The molecule has 23 heavy (non-hydrogen) atoms. The highest BCUT2D eigenvalue weighted by molar-refractivity contribution is 7.98. The van der Waals surface area contributed by atoms with Crippen molar-refractivity contribution in [2.75, 3.05) is 16.9 Å². The average Bonchev–Trinajstić information content (AvgIpc) is 3.14. The predicted octanol–water partition coefficient (Wildman–Crippen LogP) is 2.27. The molecule has 1 atom stereocenters. The molecule has 5 nitrogen and oxygen atoms in total. The molecular weight excluding hydrogens is 328 g/mol. The quantitative estimate of drug-likeness (QED) is 0.813. The van der Waals surface area contributed by atoms with Gasteiger partial charge in [0.15, 0.2) is 5.11 Å². The standard InChI is InChI=1S/C16H18N4OS2/c1-23-9-6-14-15(21)20(16(22)18-14)13-5-2-4-12(10-13)11-19-8-3-7-17-19/h2-5,7-8,10,14H,6,9,11H2,1H3,(H,18,22)/t14-/m0/s1. The maximum atomic E-state index is 12.6. The maximum absolute atomic E-state index is 12.6. The Labute approximate surface area is 145 Å². The van der Waals surface area contributed by atoms with Crippen LogP contribution in [0.2, 0.25) is 0 Å². The number of nitrogens with one attached hydrogen (secondary N) is 1. The van der Waals surface area contributed by atoms with Crippen LogP contribution in [0.15, 0.2) is 42.7 Å². The molecule has 2 aromatic rings. The van der Waals surface area contributed by atoms with Gasteiger partial charge in [0, 0.05) is 12.4 Å². The Kier molecular flexibility index (Phi) is 4.97. The number of rotatable bonds is 6. The van der Waals surface area contributed by atoms with Crippen molar-refractivity contribution in [3.05, 3.63) is 48.3 Å². The fourth-order valence-electron chi connectivity index (χ4n) is 2.58. The van der Waals surface area contributed by atoms with Crippen molar-refractivity contribution in [2.24, 2.45) is 0 Å². The second-order valence-corrected chi connectivity index (χ2v) is 6.70. The number of thioether (sulfide) groups is 1. The van der Waals surface area contributed by atoms with Gasteiger partial charge in [0.25, 0.3) is 5.91 Å². The Balaban J connectivity index is 1.78. The summed E-state index contributed by atoms with van der Waals surface area (Å²) in [5.74, 6) is 0.958. The average molecular weight is 346 g/mol. The number of benzene rings is 1. The minimum Gasteiger partial charge on any atom is -0.350 e. The number of carbonyl (C=O) groups is 1. The van der Waals surface area contributed by atoms with Crippen LogP contribution in [-0.4, -0.2) is 38.9 Å². The summed E-state index contributed by atoms with van der Waals surface area (Å²) < 4.78 is 1.85. The summed E-state index contributed by atoms with van der Waals surface area (Å²) in [5, 5.41) is 7.82. The molecule has 1 amide bonds. The van der Waals surface area contributed by atoms with Gasteiger partial charge in [-0.25, -0.2) is 0 Å². The fraction of sp³-hybridized carbons (Fsp3) is 0.312. The summed E-state index contributed by atoms with van der Waals surface area (Å²) >= 11 is 7.09. The number of amides is 1. The van der Waals surface area contributed by atoms with Gasteiger partial charge in [-0.2, -0.15) is 16.9 Å². The number of aromatic nitrogens is 2. The van der Waals surface area contributed by atoms with Gasteiger partial charge >= 0.3 is 0 Å². The van der Waals surface area contributed by atoms with Crippen LogP contribution in [0.3, 0.4) is 0 Å². The first-order chi connectivity index (χ1) is 11.2. The summed E-state index contributed by atoms with van der Waals surface area (Å²) in [6.07, 6.45) is 6.49. The molecule has 0 radical (unpaired) electrons. The smallest absolute Gasteiger partial charge is 0.255 e. The van der Waals surface area contributed by atoms with E-state index < -0.39 is 0 Å². The zero-order chi connectivity index (χ0) is 16.2. The van der Waals surface area contributed by atoms with E-state index in [9.17, 15) is 4.79 Å². The second-order valence-electron chi connectivity index (χ2n) is 5.33. The van der Waals surface area contributed by atoms with Crippen LogP contribution in [0.1, 0.15) is 12.0 Å². The Bertz CT molecular complexity index is 702. The first kappa shape index (κ1) is 16.0. The van der Waals surface area contributed by atoms with E-state index in [0.717, 1.165) is 23.4 Å². The molecule has 0 unspecified atom stereocenters. The number of thiocarbonyl (C=S) groups is 1. The van der Waals surface area contributed by atoms with E-state index in [1.54, 1.807) is 22.9 Å². The van der Waals surface area contributed by atoms with Crippen molar-refractivity contribution in [2.45, 2.75) is 19.0 Å². The lowest BCUT2D eigenvalue weighted by molar-refractivity contribution is -0.118. The normalized spacial score (nSPS) is 17.6. The van der Waals surface area contributed by atoms with Crippen LogP contribution >= 0.6 is 24.0 Å². The Morgan fingerprint density at radius 1 is 1.39 bits per heavy atom. The number of nitrogens with zero attached hydrogens (tertiary/aromatic N) is 3. The van der Waals surface area contributed by atoms with Gasteiger partial charge in [-0.05, 0) is 54.4 Å². The van der Waals surface area contributed by atoms with Gasteiger partial charge in [-0.1, -0.05) is 12.1 Å². The van der Waals surface area contributed by atoms with Crippen LogP contribution in [0.25, 0.3) is 0 Å². The minimum absolute atomic E-state index is 0.0280. The first-order valence-electron chi connectivity index (χ1n) is 7.39. The van der Waals surface area contributed by atoms with Crippen molar-refractivity contribution >= 4 is 40.7 Å². The van der Waals surface area contributed by atoms with E-state index >= 15 is 0 Å². The van der Waals surface area contributed by atoms with Crippen LogP contribution < -0.4 is 10.2 Å². The molecule has 1 aromatic carbocycles. The van der Waals surface area contributed by atoms with Crippen LogP contribution in [0, 0.1) is 0 Å². The van der Waals surface area contributed by atoms with Crippen LogP contribution in [0.5, 0.6) is 0 Å². The zero-order valence-corrected chi connectivity index (χ0v) is 14.4. The SMILES string of the molecule is CSCC[C@@H]1NC(=S)N(c2cccc(Cn3cccn3)c2)C1=O. The summed E-state index contributed by atoms with van der Waals surface area (Å²) in [5.41, 5.74) is 1.89. The highest BCUT2D eigenvalue weighted by Gasteiger charge is 2.35. The Hall–Kier alpha value is -1.86. The number of carbonyl (C=O) groups excluding carboxylic acids is 1. The maximum Gasteiger partial charge on any atom is 0.255 e. The lowest BCUT2D eigenvalue weighted by Crippen LogP contribution is -2.31. The molecule has 1 aliphatic rings. The minimum atomic E-state index is -0.218. The van der Waals surface area contributed by atoms with E-state index in [1.807, 2.05) is 47.5 Å². The molecule has 1 aliphatic heterocycles. The molecule has 0 aliphatic carbocycles. The molecule has 2 heterocycles. The lowest BCUT2D eigenvalue weighted by atomic mass is 10.1. The molecule has 1 fully saturated rings. The Morgan fingerprint density at radius 3 is 3.00 bits per heavy atom. The first-order valence-corrected chi connectivity index (χ1v) is 9.19. The third-order valence-electron chi connectivity index (χ3n) is 3.70. The summed E-state index contributed by atoms with van der Waals surface area (Å²) in [7, 11) is 0. The molecular formula is C16H18N4OS2. The fourth-order valence-corrected chi connectivity index (χ4v) is 3.39. The largest absolute Gasteiger partial charge is 0.350 e. The van der Waals surface area contributed by atoms with E-state index in [-0.39, 0.29) is 11.9 Å².